The predicted molar refractivity (Wildman–Crippen MR) is 81.2 cm³/mol. The van der Waals surface area contributed by atoms with Crippen LogP contribution in [0.4, 0.5) is 11.5 Å². The lowest BCUT2D eigenvalue weighted by molar-refractivity contribution is 0.808. The molecule has 2 heterocycles. The minimum absolute atomic E-state index is 0.286. The molecule has 2 aromatic heterocycles. The maximum absolute atomic E-state index is 11.4. The Labute approximate surface area is 121 Å². The molecule has 7 heteroatoms. The molecule has 0 aliphatic rings. The monoisotopic (exact) mass is 284 g/mol. The van der Waals surface area contributed by atoms with Crippen molar-refractivity contribution in [1.29, 1.82) is 0 Å². The lowest BCUT2D eigenvalue weighted by atomic mass is 10.2. The zero-order valence-corrected chi connectivity index (χ0v) is 11.7. The molecule has 0 aliphatic heterocycles. The lowest BCUT2D eigenvalue weighted by Gasteiger charge is -2.21. The van der Waals surface area contributed by atoms with Crippen molar-refractivity contribution in [3.63, 3.8) is 0 Å². The second-order valence-electron chi connectivity index (χ2n) is 4.76. The first-order valence-electron chi connectivity index (χ1n) is 6.69. The first-order chi connectivity index (χ1) is 10.2. The van der Waals surface area contributed by atoms with Crippen molar-refractivity contribution >= 4 is 17.2 Å². The van der Waals surface area contributed by atoms with Gasteiger partial charge in [-0.25, -0.2) is 19.3 Å². The van der Waals surface area contributed by atoms with Crippen LogP contribution in [-0.2, 0) is 6.54 Å². The minimum Gasteiger partial charge on any atom is -0.399 e. The third-order valence-corrected chi connectivity index (χ3v) is 3.35. The van der Waals surface area contributed by atoms with E-state index in [1.165, 1.54) is 10.7 Å². The van der Waals surface area contributed by atoms with Gasteiger partial charge in [0.1, 0.15) is 12.1 Å². The van der Waals surface area contributed by atoms with Gasteiger partial charge in [0.05, 0.1) is 0 Å². The van der Waals surface area contributed by atoms with Gasteiger partial charge in [0.15, 0.2) is 5.65 Å². The zero-order valence-electron chi connectivity index (χ0n) is 11.7. The molecule has 0 atom stereocenters. The summed E-state index contributed by atoms with van der Waals surface area (Å²) in [5, 5.41) is 6.36. The van der Waals surface area contributed by atoms with Gasteiger partial charge in [-0.05, 0) is 24.6 Å². The number of hydrogen-bond donors (Lipinski definition) is 2. The summed E-state index contributed by atoms with van der Waals surface area (Å²) in [5.74, 6) is 0.779. The number of aromatic amines is 1. The van der Waals surface area contributed by atoms with Gasteiger partial charge in [-0.3, -0.25) is 0 Å². The van der Waals surface area contributed by atoms with Crippen LogP contribution in [0.15, 0.2) is 41.5 Å². The molecule has 0 fully saturated rings. The fraction of sp³-hybridized carbons (Fsp3) is 0.214. The van der Waals surface area contributed by atoms with E-state index in [2.05, 4.69) is 27.0 Å². The quantitative estimate of drug-likeness (QED) is 0.698. The van der Waals surface area contributed by atoms with E-state index in [1.54, 1.807) is 6.07 Å². The molecule has 0 bridgehead atoms. The number of nitrogens with two attached hydrogens (primary N) is 1. The molecule has 0 radical (unpaired) electrons. The summed E-state index contributed by atoms with van der Waals surface area (Å²) in [6, 6.07) is 9.55. The number of nitrogens with one attached hydrogen (secondary N) is 1. The summed E-state index contributed by atoms with van der Waals surface area (Å²) in [5.41, 5.74) is 7.86. The number of rotatable bonds is 4. The largest absolute Gasteiger partial charge is 0.399 e. The van der Waals surface area contributed by atoms with Crippen LogP contribution in [-0.4, -0.2) is 26.1 Å². The first kappa shape index (κ1) is 13.2. The van der Waals surface area contributed by atoms with E-state index in [-0.39, 0.29) is 5.69 Å². The summed E-state index contributed by atoms with van der Waals surface area (Å²) >= 11 is 0. The van der Waals surface area contributed by atoms with Crippen molar-refractivity contribution < 1.29 is 0 Å². The SMILES string of the molecule is CCN(Cc1ccc(N)cc1)c1cc2n[nH]c(=O)n2cn1. The number of benzene rings is 1. The lowest BCUT2D eigenvalue weighted by Crippen LogP contribution is -2.23. The molecule has 0 saturated heterocycles. The van der Waals surface area contributed by atoms with Crippen LogP contribution in [0.3, 0.4) is 0 Å². The summed E-state index contributed by atoms with van der Waals surface area (Å²) in [6.45, 7) is 3.57. The third kappa shape index (κ3) is 2.58. The number of aromatic nitrogens is 4. The smallest absolute Gasteiger partial charge is 0.348 e. The van der Waals surface area contributed by atoms with E-state index in [0.29, 0.717) is 12.2 Å². The second-order valence-corrected chi connectivity index (χ2v) is 4.76. The number of H-pyrrole nitrogens is 1. The van der Waals surface area contributed by atoms with Crippen molar-refractivity contribution in [2.45, 2.75) is 13.5 Å². The van der Waals surface area contributed by atoms with Gasteiger partial charge in [-0.1, -0.05) is 12.1 Å². The fourth-order valence-corrected chi connectivity index (χ4v) is 2.17. The molecule has 0 spiro atoms. The Morgan fingerprint density at radius 3 is 2.81 bits per heavy atom. The molecular weight excluding hydrogens is 268 g/mol. The molecule has 0 saturated carbocycles. The number of fused-ring (bicyclic) bond motifs is 1. The van der Waals surface area contributed by atoms with E-state index in [9.17, 15) is 4.79 Å². The Morgan fingerprint density at radius 1 is 1.33 bits per heavy atom. The van der Waals surface area contributed by atoms with E-state index in [4.69, 9.17) is 5.73 Å². The van der Waals surface area contributed by atoms with Crippen molar-refractivity contribution in [3.05, 3.63) is 52.7 Å². The topological polar surface area (TPSA) is 92.3 Å². The summed E-state index contributed by atoms with van der Waals surface area (Å²) < 4.78 is 1.38. The number of nitrogens with zero attached hydrogens (tertiary/aromatic N) is 4. The summed E-state index contributed by atoms with van der Waals surface area (Å²) in [6.07, 6.45) is 1.49. The minimum atomic E-state index is -0.286. The van der Waals surface area contributed by atoms with Crippen LogP contribution in [0.2, 0.25) is 0 Å². The van der Waals surface area contributed by atoms with Gasteiger partial charge >= 0.3 is 5.69 Å². The van der Waals surface area contributed by atoms with Crippen molar-refractivity contribution in [2.75, 3.05) is 17.2 Å². The maximum atomic E-state index is 11.4. The highest BCUT2D eigenvalue weighted by atomic mass is 16.1. The fourth-order valence-electron chi connectivity index (χ4n) is 2.17. The highest BCUT2D eigenvalue weighted by Gasteiger charge is 2.09. The molecule has 21 heavy (non-hydrogen) atoms. The molecule has 3 aromatic rings. The highest BCUT2D eigenvalue weighted by Crippen LogP contribution is 2.16. The average Bonchev–Trinajstić information content (AvgIpc) is 2.87. The Bertz CT molecular complexity index is 804. The molecule has 0 amide bonds. The van der Waals surface area contributed by atoms with Gasteiger partial charge < -0.3 is 10.6 Å². The molecule has 108 valence electrons. The normalized spacial score (nSPS) is 10.9. The predicted octanol–water partition coefficient (Wildman–Crippen LogP) is 1.03. The molecule has 1 aromatic carbocycles. The molecule has 3 N–H and O–H groups in total. The van der Waals surface area contributed by atoms with Gasteiger partial charge in [-0.2, -0.15) is 5.10 Å². The summed E-state index contributed by atoms with van der Waals surface area (Å²) in [7, 11) is 0. The maximum Gasteiger partial charge on any atom is 0.348 e. The van der Waals surface area contributed by atoms with Crippen LogP contribution < -0.4 is 16.3 Å². The average molecular weight is 284 g/mol. The van der Waals surface area contributed by atoms with E-state index >= 15 is 0 Å². The Kier molecular flexibility index (Phi) is 3.31. The van der Waals surface area contributed by atoms with Crippen LogP contribution in [0.1, 0.15) is 12.5 Å². The molecule has 3 rings (SSSR count). The van der Waals surface area contributed by atoms with Crippen molar-refractivity contribution in [2.24, 2.45) is 0 Å². The Balaban J connectivity index is 1.90. The van der Waals surface area contributed by atoms with Gasteiger partial charge in [0.2, 0.25) is 0 Å². The number of hydrogen-bond acceptors (Lipinski definition) is 5. The number of anilines is 2. The Hall–Kier alpha value is -2.83. The van der Waals surface area contributed by atoms with Crippen molar-refractivity contribution in [1.82, 2.24) is 19.6 Å². The zero-order chi connectivity index (χ0) is 14.8. The van der Waals surface area contributed by atoms with Crippen LogP contribution in [0.5, 0.6) is 0 Å². The van der Waals surface area contributed by atoms with Crippen molar-refractivity contribution in [3.8, 4) is 0 Å². The highest BCUT2D eigenvalue weighted by molar-refractivity contribution is 5.50. The van der Waals surface area contributed by atoms with Gasteiger partial charge in [-0.15, -0.1) is 0 Å². The first-order valence-corrected chi connectivity index (χ1v) is 6.69. The molecule has 0 unspecified atom stereocenters. The molecule has 0 aliphatic carbocycles. The standard InChI is InChI=1S/C14H16N6O/c1-2-19(8-10-3-5-11(15)6-4-10)12-7-13-17-18-14(21)20(13)9-16-12/h3-7,9H,2,8,15H2,1H3,(H,18,21). The summed E-state index contributed by atoms with van der Waals surface area (Å²) in [4.78, 5) is 17.9. The van der Waals surface area contributed by atoms with E-state index < -0.39 is 0 Å². The third-order valence-electron chi connectivity index (χ3n) is 3.35. The van der Waals surface area contributed by atoms with Gasteiger partial charge in [0, 0.05) is 24.8 Å². The van der Waals surface area contributed by atoms with Crippen LogP contribution in [0, 0.1) is 0 Å². The van der Waals surface area contributed by atoms with E-state index in [1.807, 2.05) is 24.3 Å². The number of nitrogen functional groups attached to an aromatic ring is 1. The van der Waals surface area contributed by atoms with Gasteiger partial charge in [0.25, 0.3) is 0 Å². The molecule has 7 nitrogen and oxygen atoms in total. The molecular formula is C14H16N6O. The van der Waals surface area contributed by atoms with Crippen LogP contribution in [0.25, 0.3) is 5.65 Å². The second kappa shape index (κ2) is 5.28. The Morgan fingerprint density at radius 2 is 2.10 bits per heavy atom. The van der Waals surface area contributed by atoms with E-state index in [0.717, 1.165) is 23.6 Å². The van der Waals surface area contributed by atoms with Crippen LogP contribution >= 0.6 is 0 Å².